The van der Waals surface area contributed by atoms with Crippen LogP contribution in [-0.4, -0.2) is 52.9 Å². The van der Waals surface area contributed by atoms with Crippen molar-refractivity contribution in [1.82, 2.24) is 14.9 Å². The number of nitrogens with zero attached hydrogens (tertiary/aromatic N) is 4. The Morgan fingerprint density at radius 3 is 2.59 bits per heavy atom. The molecule has 3 heterocycles. The summed E-state index contributed by atoms with van der Waals surface area (Å²) in [5.41, 5.74) is -0.872. The van der Waals surface area contributed by atoms with Crippen LogP contribution in [0.3, 0.4) is 0 Å². The maximum atomic E-state index is 14.9. The van der Waals surface area contributed by atoms with Gasteiger partial charge >= 0.3 is 0 Å². The number of rotatable bonds is 2. The molecule has 0 saturated carbocycles. The van der Waals surface area contributed by atoms with Crippen LogP contribution in [0.2, 0.25) is 5.02 Å². The first kappa shape index (κ1) is 18.1. The Labute approximate surface area is 161 Å². The number of hydrogen-bond donors (Lipinski definition) is 0. The molecular formula is C19H19ClF2N4O. The van der Waals surface area contributed by atoms with Gasteiger partial charge in [-0.25, -0.2) is 18.7 Å². The van der Waals surface area contributed by atoms with E-state index in [9.17, 15) is 13.6 Å². The maximum absolute atomic E-state index is 14.9. The monoisotopic (exact) mass is 392 g/mol. The van der Waals surface area contributed by atoms with E-state index in [1.54, 1.807) is 47.6 Å². The summed E-state index contributed by atoms with van der Waals surface area (Å²) in [6, 6.07) is 8.29. The number of carbonyl (C=O) groups excluding carboxylic acids is 1. The Bertz CT molecular complexity index is 851. The number of likely N-dealkylation sites (tertiary alicyclic amines) is 1. The second-order valence-corrected chi connectivity index (χ2v) is 7.63. The van der Waals surface area contributed by atoms with E-state index in [2.05, 4.69) is 9.97 Å². The standard InChI is InChI=1S/C19H19ClF2N4O/c20-15-4-1-3-14(11-15)16(27)25-10-6-19(21,22)18(12-25)5-9-26(13-18)17-23-7-2-8-24-17/h1-4,7-8,11H,5-6,9-10,12-13H2. The lowest BCUT2D eigenvalue weighted by atomic mass is 9.75. The highest BCUT2D eigenvalue weighted by Gasteiger charge is 2.60. The second kappa shape index (κ2) is 6.71. The molecule has 0 radical (unpaired) electrons. The summed E-state index contributed by atoms with van der Waals surface area (Å²) in [6.45, 7) is 0.610. The van der Waals surface area contributed by atoms with Gasteiger partial charge in [-0.05, 0) is 30.7 Å². The van der Waals surface area contributed by atoms with Crippen LogP contribution in [0.4, 0.5) is 14.7 Å². The molecule has 2 aromatic rings. The first-order valence-corrected chi connectivity index (χ1v) is 9.23. The van der Waals surface area contributed by atoms with Gasteiger partial charge in [-0.2, -0.15) is 0 Å². The van der Waals surface area contributed by atoms with Gasteiger partial charge in [0.15, 0.2) is 0 Å². The van der Waals surface area contributed by atoms with E-state index in [1.807, 2.05) is 0 Å². The first-order valence-electron chi connectivity index (χ1n) is 8.85. The van der Waals surface area contributed by atoms with Crippen molar-refractivity contribution in [3.8, 4) is 0 Å². The van der Waals surface area contributed by atoms with Crippen molar-refractivity contribution >= 4 is 23.5 Å². The highest BCUT2D eigenvalue weighted by molar-refractivity contribution is 6.30. The molecule has 27 heavy (non-hydrogen) atoms. The van der Waals surface area contributed by atoms with E-state index < -0.39 is 11.3 Å². The molecule has 5 nitrogen and oxygen atoms in total. The lowest BCUT2D eigenvalue weighted by Gasteiger charge is -2.45. The van der Waals surface area contributed by atoms with Crippen LogP contribution in [0.1, 0.15) is 23.2 Å². The van der Waals surface area contributed by atoms with Gasteiger partial charge in [0.05, 0.1) is 5.41 Å². The summed E-state index contributed by atoms with van der Waals surface area (Å²) in [5.74, 6) is -2.66. The van der Waals surface area contributed by atoms with Gasteiger partial charge in [-0.3, -0.25) is 4.79 Å². The Hall–Kier alpha value is -2.28. The van der Waals surface area contributed by atoms with Crippen LogP contribution in [0.25, 0.3) is 0 Å². The Morgan fingerprint density at radius 1 is 1.07 bits per heavy atom. The fourth-order valence-corrected chi connectivity index (χ4v) is 4.19. The molecule has 2 saturated heterocycles. The van der Waals surface area contributed by atoms with Gasteiger partial charge in [-0.1, -0.05) is 17.7 Å². The highest BCUT2D eigenvalue weighted by Crippen LogP contribution is 2.50. The minimum absolute atomic E-state index is 0.00861. The third-order valence-corrected chi connectivity index (χ3v) is 5.75. The van der Waals surface area contributed by atoms with Crippen molar-refractivity contribution in [2.45, 2.75) is 18.8 Å². The lowest BCUT2D eigenvalue weighted by Crippen LogP contribution is -2.58. The molecule has 0 aliphatic carbocycles. The van der Waals surface area contributed by atoms with Gasteiger partial charge < -0.3 is 9.80 Å². The highest BCUT2D eigenvalue weighted by atomic mass is 35.5. The molecule has 4 rings (SSSR count). The topological polar surface area (TPSA) is 49.3 Å². The number of aromatic nitrogens is 2. The smallest absolute Gasteiger partial charge is 0.258 e. The fraction of sp³-hybridized carbons (Fsp3) is 0.421. The predicted octanol–water partition coefficient (Wildman–Crippen LogP) is 3.51. The summed E-state index contributed by atoms with van der Waals surface area (Å²) in [6.07, 6.45) is 3.14. The number of halogens is 3. The van der Waals surface area contributed by atoms with Crippen LogP contribution >= 0.6 is 11.6 Å². The van der Waals surface area contributed by atoms with E-state index in [1.165, 1.54) is 4.90 Å². The van der Waals surface area contributed by atoms with Crippen LogP contribution < -0.4 is 4.90 Å². The van der Waals surface area contributed by atoms with E-state index in [0.29, 0.717) is 23.1 Å². The Kier molecular flexibility index (Phi) is 4.50. The molecule has 1 amide bonds. The summed E-state index contributed by atoms with van der Waals surface area (Å²) >= 11 is 5.97. The normalized spacial score (nSPS) is 24.4. The molecule has 0 N–H and O–H groups in total. The molecule has 1 unspecified atom stereocenters. The first-order chi connectivity index (χ1) is 12.9. The van der Waals surface area contributed by atoms with Gasteiger partial charge in [0.2, 0.25) is 5.95 Å². The average Bonchev–Trinajstić information content (AvgIpc) is 3.10. The number of anilines is 1. The summed E-state index contributed by atoms with van der Waals surface area (Å²) < 4.78 is 29.9. The van der Waals surface area contributed by atoms with Crippen LogP contribution in [0, 0.1) is 5.41 Å². The minimum Gasteiger partial charge on any atom is -0.340 e. The third-order valence-electron chi connectivity index (χ3n) is 5.51. The zero-order valence-corrected chi connectivity index (χ0v) is 15.4. The zero-order chi connectivity index (χ0) is 19.1. The molecule has 142 valence electrons. The molecule has 2 aliphatic heterocycles. The maximum Gasteiger partial charge on any atom is 0.258 e. The predicted molar refractivity (Wildman–Crippen MR) is 98.2 cm³/mol. The van der Waals surface area contributed by atoms with Gasteiger partial charge in [-0.15, -0.1) is 0 Å². The Morgan fingerprint density at radius 2 is 1.85 bits per heavy atom. The minimum atomic E-state index is -2.85. The van der Waals surface area contributed by atoms with Crippen LogP contribution in [-0.2, 0) is 0 Å². The van der Waals surface area contributed by atoms with Crippen molar-refractivity contribution in [3.63, 3.8) is 0 Å². The summed E-state index contributed by atoms with van der Waals surface area (Å²) in [4.78, 5) is 24.5. The van der Waals surface area contributed by atoms with Crippen LogP contribution in [0.5, 0.6) is 0 Å². The molecule has 2 fully saturated rings. The summed E-state index contributed by atoms with van der Waals surface area (Å²) in [5, 5.41) is 0.450. The van der Waals surface area contributed by atoms with Crippen molar-refractivity contribution in [2.24, 2.45) is 5.41 Å². The van der Waals surface area contributed by atoms with E-state index >= 15 is 0 Å². The number of hydrogen-bond acceptors (Lipinski definition) is 4. The number of amides is 1. The second-order valence-electron chi connectivity index (χ2n) is 7.19. The van der Waals surface area contributed by atoms with Gasteiger partial charge in [0.1, 0.15) is 0 Å². The molecule has 1 aromatic heterocycles. The Balaban J connectivity index is 1.57. The van der Waals surface area contributed by atoms with Crippen molar-refractivity contribution in [2.75, 3.05) is 31.1 Å². The van der Waals surface area contributed by atoms with E-state index in [4.69, 9.17) is 11.6 Å². The van der Waals surface area contributed by atoms with E-state index in [-0.39, 0.29) is 38.4 Å². The largest absolute Gasteiger partial charge is 0.340 e. The van der Waals surface area contributed by atoms with Gasteiger partial charge in [0.25, 0.3) is 11.8 Å². The molecule has 0 bridgehead atoms. The lowest BCUT2D eigenvalue weighted by molar-refractivity contribution is -0.150. The zero-order valence-electron chi connectivity index (χ0n) is 14.6. The van der Waals surface area contributed by atoms with E-state index in [0.717, 1.165) is 0 Å². The SMILES string of the molecule is O=C(c1cccc(Cl)c1)N1CCC(F)(F)C2(CCN(c3ncccn3)C2)C1. The van der Waals surface area contributed by atoms with Crippen molar-refractivity contribution in [3.05, 3.63) is 53.3 Å². The molecule has 8 heteroatoms. The number of carbonyl (C=O) groups is 1. The molecule has 1 aromatic carbocycles. The molecule has 1 spiro atoms. The molecular weight excluding hydrogens is 374 g/mol. The number of benzene rings is 1. The molecule has 2 aliphatic rings. The fourth-order valence-electron chi connectivity index (χ4n) is 4.00. The molecule has 1 atom stereocenters. The van der Waals surface area contributed by atoms with Gasteiger partial charge in [0, 0.05) is 55.6 Å². The number of alkyl halides is 2. The third kappa shape index (κ3) is 3.25. The van der Waals surface area contributed by atoms with Crippen molar-refractivity contribution in [1.29, 1.82) is 0 Å². The van der Waals surface area contributed by atoms with Crippen molar-refractivity contribution < 1.29 is 13.6 Å². The van der Waals surface area contributed by atoms with Crippen LogP contribution in [0.15, 0.2) is 42.7 Å². The number of piperidine rings is 1. The quantitative estimate of drug-likeness (QED) is 0.784. The summed E-state index contributed by atoms with van der Waals surface area (Å²) in [7, 11) is 0. The average molecular weight is 393 g/mol.